The lowest BCUT2D eigenvalue weighted by atomic mass is 10.2. The maximum Gasteiger partial charge on any atom is 0.161 e. The Morgan fingerprint density at radius 1 is 1.16 bits per heavy atom. The van der Waals surface area contributed by atoms with E-state index in [-0.39, 0.29) is 0 Å². The Hall–Kier alpha value is -1.56. The zero-order valence-corrected chi connectivity index (χ0v) is 11.4. The van der Waals surface area contributed by atoms with E-state index >= 15 is 0 Å². The normalized spacial score (nSPS) is 14.7. The highest BCUT2D eigenvalue weighted by molar-refractivity contribution is 9.10. The maximum absolute atomic E-state index is 13.2. The molecule has 0 aliphatic heterocycles. The van der Waals surface area contributed by atoms with E-state index in [4.69, 9.17) is 5.73 Å². The molecule has 1 aromatic heterocycles. The fourth-order valence-electron chi connectivity index (χ4n) is 1.87. The van der Waals surface area contributed by atoms with Gasteiger partial charge in [0.15, 0.2) is 17.5 Å². The van der Waals surface area contributed by atoms with Crippen LogP contribution in [0.2, 0.25) is 0 Å². The lowest BCUT2D eigenvalue weighted by Crippen LogP contribution is -2.02. The highest BCUT2D eigenvalue weighted by Gasteiger charge is 2.29. The summed E-state index contributed by atoms with van der Waals surface area (Å²) in [4.78, 5) is 8.52. The largest absolute Gasteiger partial charge is 0.383 e. The molecule has 1 aliphatic rings. The second-order valence-electron chi connectivity index (χ2n) is 4.53. The van der Waals surface area contributed by atoms with E-state index in [9.17, 15) is 8.78 Å². The number of anilines is 1. The zero-order chi connectivity index (χ0) is 13.6. The van der Waals surface area contributed by atoms with Crippen molar-refractivity contribution < 1.29 is 8.78 Å². The Labute approximate surface area is 117 Å². The highest BCUT2D eigenvalue weighted by Crippen LogP contribution is 2.43. The van der Waals surface area contributed by atoms with Gasteiger partial charge in [0.05, 0.1) is 10.2 Å². The van der Waals surface area contributed by atoms with Gasteiger partial charge in [0.25, 0.3) is 0 Å². The van der Waals surface area contributed by atoms with Crippen LogP contribution in [-0.2, 0) is 0 Å². The SMILES string of the molecule is Nc1nc(-c2ccc(F)c(F)c2)nc(C2CC2)c1Br. The summed E-state index contributed by atoms with van der Waals surface area (Å²) in [5.41, 5.74) is 7.08. The number of benzene rings is 1. The molecule has 6 heteroatoms. The van der Waals surface area contributed by atoms with Gasteiger partial charge in [-0.2, -0.15) is 0 Å². The van der Waals surface area contributed by atoms with Crippen LogP contribution in [0.3, 0.4) is 0 Å². The smallest absolute Gasteiger partial charge is 0.161 e. The molecule has 98 valence electrons. The first-order valence-corrected chi connectivity index (χ1v) is 6.64. The van der Waals surface area contributed by atoms with E-state index in [1.807, 2.05) is 0 Å². The van der Waals surface area contributed by atoms with Gasteiger partial charge in [0.2, 0.25) is 0 Å². The van der Waals surface area contributed by atoms with Crippen LogP contribution >= 0.6 is 15.9 Å². The molecule has 0 bridgehead atoms. The number of hydrogen-bond acceptors (Lipinski definition) is 3. The summed E-state index contributed by atoms with van der Waals surface area (Å²) in [5, 5.41) is 0. The van der Waals surface area contributed by atoms with Gasteiger partial charge < -0.3 is 5.73 Å². The van der Waals surface area contributed by atoms with Gasteiger partial charge in [-0.15, -0.1) is 0 Å². The molecule has 0 unspecified atom stereocenters. The van der Waals surface area contributed by atoms with Gasteiger partial charge in [-0.05, 0) is 47.0 Å². The average Bonchev–Trinajstić information content (AvgIpc) is 3.20. The van der Waals surface area contributed by atoms with Gasteiger partial charge in [-0.25, -0.2) is 18.7 Å². The van der Waals surface area contributed by atoms with Crippen LogP contribution in [0, 0.1) is 11.6 Å². The molecular formula is C13H10BrF2N3. The number of rotatable bonds is 2. The van der Waals surface area contributed by atoms with Crippen LogP contribution in [0.15, 0.2) is 22.7 Å². The Balaban J connectivity index is 2.11. The molecular weight excluding hydrogens is 316 g/mol. The topological polar surface area (TPSA) is 51.8 Å². The first-order chi connectivity index (χ1) is 9.06. The molecule has 1 heterocycles. The van der Waals surface area contributed by atoms with Gasteiger partial charge in [0.1, 0.15) is 5.82 Å². The van der Waals surface area contributed by atoms with Gasteiger partial charge in [-0.1, -0.05) is 0 Å². The minimum atomic E-state index is -0.921. The predicted octanol–water partition coefficient (Wildman–Crippen LogP) is 3.64. The van der Waals surface area contributed by atoms with E-state index in [1.165, 1.54) is 6.07 Å². The standard InChI is InChI=1S/C13H10BrF2N3/c14-10-11(6-1-2-6)18-13(19-12(10)17)7-3-4-8(15)9(16)5-7/h3-6H,1-2H2,(H2,17,18,19). The number of aromatic nitrogens is 2. The van der Waals surface area contributed by atoms with Crippen LogP contribution in [0.1, 0.15) is 24.5 Å². The Morgan fingerprint density at radius 2 is 1.89 bits per heavy atom. The van der Waals surface area contributed by atoms with Crippen molar-refractivity contribution in [3.8, 4) is 11.4 Å². The number of nitrogens with zero attached hydrogens (tertiary/aromatic N) is 2. The summed E-state index contributed by atoms with van der Waals surface area (Å²) < 4.78 is 26.9. The van der Waals surface area contributed by atoms with E-state index in [1.54, 1.807) is 0 Å². The maximum atomic E-state index is 13.2. The molecule has 0 radical (unpaired) electrons. The molecule has 0 atom stereocenters. The van der Waals surface area contributed by atoms with E-state index < -0.39 is 11.6 Å². The minimum absolute atomic E-state index is 0.316. The number of nitrogens with two attached hydrogens (primary N) is 1. The van der Waals surface area contributed by atoms with E-state index in [2.05, 4.69) is 25.9 Å². The van der Waals surface area contributed by atoms with Crippen LogP contribution in [0.25, 0.3) is 11.4 Å². The second-order valence-corrected chi connectivity index (χ2v) is 5.33. The molecule has 0 saturated heterocycles. The molecule has 0 amide bonds. The van der Waals surface area contributed by atoms with Gasteiger partial charge in [-0.3, -0.25) is 0 Å². The van der Waals surface area contributed by atoms with Crippen molar-refractivity contribution in [2.45, 2.75) is 18.8 Å². The van der Waals surface area contributed by atoms with Crippen molar-refractivity contribution in [2.75, 3.05) is 5.73 Å². The third-order valence-corrected chi connectivity index (χ3v) is 3.86. The predicted molar refractivity (Wildman–Crippen MR) is 71.5 cm³/mol. The summed E-state index contributed by atoms with van der Waals surface area (Å²) >= 11 is 3.37. The minimum Gasteiger partial charge on any atom is -0.383 e. The quantitative estimate of drug-likeness (QED) is 0.917. The van der Waals surface area contributed by atoms with Crippen LogP contribution in [0.4, 0.5) is 14.6 Å². The van der Waals surface area contributed by atoms with Gasteiger partial charge >= 0.3 is 0 Å². The molecule has 19 heavy (non-hydrogen) atoms. The molecule has 1 saturated carbocycles. The monoisotopic (exact) mass is 325 g/mol. The molecule has 3 nitrogen and oxygen atoms in total. The lowest BCUT2D eigenvalue weighted by molar-refractivity contribution is 0.509. The van der Waals surface area contributed by atoms with Crippen molar-refractivity contribution in [3.05, 3.63) is 40.0 Å². The van der Waals surface area contributed by atoms with Crippen molar-refractivity contribution in [1.29, 1.82) is 0 Å². The molecule has 1 fully saturated rings. The molecule has 2 aromatic rings. The van der Waals surface area contributed by atoms with Crippen molar-refractivity contribution in [2.24, 2.45) is 0 Å². The van der Waals surface area contributed by atoms with Crippen LogP contribution in [0.5, 0.6) is 0 Å². The Bertz CT molecular complexity index is 657. The van der Waals surface area contributed by atoms with Crippen LogP contribution < -0.4 is 5.73 Å². The first kappa shape index (κ1) is 12.5. The fraction of sp³-hybridized carbons (Fsp3) is 0.231. The molecule has 1 aromatic carbocycles. The fourth-order valence-corrected chi connectivity index (χ4v) is 2.38. The van der Waals surface area contributed by atoms with E-state index in [0.717, 1.165) is 30.7 Å². The summed E-state index contributed by atoms with van der Waals surface area (Å²) in [6.45, 7) is 0. The Morgan fingerprint density at radius 3 is 2.53 bits per heavy atom. The third-order valence-electron chi connectivity index (χ3n) is 3.04. The summed E-state index contributed by atoms with van der Waals surface area (Å²) in [6, 6.07) is 3.58. The summed E-state index contributed by atoms with van der Waals surface area (Å²) in [7, 11) is 0. The van der Waals surface area contributed by atoms with E-state index in [0.29, 0.717) is 27.6 Å². The molecule has 3 rings (SSSR count). The van der Waals surface area contributed by atoms with Crippen molar-refractivity contribution in [3.63, 3.8) is 0 Å². The first-order valence-electron chi connectivity index (χ1n) is 5.84. The lowest BCUT2D eigenvalue weighted by Gasteiger charge is -2.08. The zero-order valence-electron chi connectivity index (χ0n) is 9.83. The third kappa shape index (κ3) is 2.32. The molecule has 2 N–H and O–H groups in total. The second kappa shape index (κ2) is 4.52. The van der Waals surface area contributed by atoms with Crippen molar-refractivity contribution in [1.82, 2.24) is 9.97 Å². The highest BCUT2D eigenvalue weighted by atomic mass is 79.9. The van der Waals surface area contributed by atoms with Crippen molar-refractivity contribution >= 4 is 21.7 Å². The molecule has 0 spiro atoms. The summed E-state index contributed by atoms with van der Waals surface area (Å²) in [6.07, 6.45) is 2.12. The molecule has 1 aliphatic carbocycles. The van der Waals surface area contributed by atoms with Crippen LogP contribution in [-0.4, -0.2) is 9.97 Å². The number of hydrogen-bond donors (Lipinski definition) is 1. The van der Waals surface area contributed by atoms with Gasteiger partial charge in [0, 0.05) is 11.5 Å². The average molecular weight is 326 g/mol. The summed E-state index contributed by atoms with van der Waals surface area (Å²) in [5.74, 6) is -0.798. The Kier molecular flexibility index (Phi) is 2.97. The number of nitrogen functional groups attached to an aromatic ring is 1. The number of halogens is 3.